The van der Waals surface area contributed by atoms with Gasteiger partial charge < -0.3 is 4.74 Å². The highest BCUT2D eigenvalue weighted by atomic mass is 16.5. The van der Waals surface area contributed by atoms with Gasteiger partial charge in [-0.25, -0.2) is 0 Å². The highest BCUT2D eigenvalue weighted by Gasteiger charge is 2.15. The van der Waals surface area contributed by atoms with E-state index in [-0.39, 0.29) is 0 Å². The van der Waals surface area contributed by atoms with Crippen molar-refractivity contribution in [2.24, 2.45) is 0 Å². The van der Waals surface area contributed by atoms with Gasteiger partial charge in [-0.05, 0) is 56.0 Å². The topological polar surface area (TPSA) is 9.23 Å². The van der Waals surface area contributed by atoms with E-state index in [1.807, 2.05) is 0 Å². The Morgan fingerprint density at radius 3 is 2.29 bits per heavy atom. The molecule has 0 atom stereocenters. The van der Waals surface area contributed by atoms with E-state index in [4.69, 9.17) is 4.74 Å². The fourth-order valence-electron chi connectivity index (χ4n) is 1.99. The van der Waals surface area contributed by atoms with Gasteiger partial charge in [0.25, 0.3) is 0 Å². The third-order valence-corrected chi connectivity index (χ3v) is 3.29. The van der Waals surface area contributed by atoms with E-state index in [9.17, 15) is 0 Å². The van der Waals surface area contributed by atoms with Gasteiger partial charge in [0.05, 0.1) is 0 Å². The van der Waals surface area contributed by atoms with Crippen molar-refractivity contribution >= 4 is 6.08 Å². The molecule has 0 fully saturated rings. The number of fused-ring (bicyclic) bond motifs is 1. The number of hydrogen-bond donors (Lipinski definition) is 0. The van der Waals surface area contributed by atoms with Gasteiger partial charge >= 0.3 is 0 Å². The summed E-state index contributed by atoms with van der Waals surface area (Å²) in [6, 6.07) is 0. The van der Waals surface area contributed by atoms with Crippen molar-refractivity contribution in [3.8, 4) is 5.75 Å². The van der Waals surface area contributed by atoms with Crippen LogP contribution in [-0.2, 0) is 0 Å². The minimum absolute atomic E-state index is 0.704. The van der Waals surface area contributed by atoms with E-state index in [1.54, 1.807) is 0 Å². The lowest BCUT2D eigenvalue weighted by Crippen LogP contribution is -2.06. The number of ether oxygens (including phenoxy) is 1. The molecule has 0 saturated carbocycles. The Hall–Kier alpha value is -1.24. The van der Waals surface area contributed by atoms with Crippen LogP contribution in [-0.4, -0.2) is 6.61 Å². The summed E-state index contributed by atoms with van der Waals surface area (Å²) in [5.41, 5.74) is 6.64. The summed E-state index contributed by atoms with van der Waals surface area (Å²) in [7, 11) is 0. The summed E-state index contributed by atoms with van der Waals surface area (Å²) in [6.45, 7) is 9.36. The molecule has 0 amide bonds. The molecule has 0 saturated heterocycles. The first-order valence-corrected chi connectivity index (χ1v) is 5.02. The van der Waals surface area contributed by atoms with Crippen LogP contribution in [0.15, 0.2) is 6.08 Å². The monoisotopic (exact) mass is 188 g/mol. The van der Waals surface area contributed by atoms with E-state index in [0.717, 1.165) is 5.75 Å². The van der Waals surface area contributed by atoms with Crippen molar-refractivity contribution in [2.75, 3.05) is 6.61 Å². The molecule has 14 heavy (non-hydrogen) atoms. The van der Waals surface area contributed by atoms with Crippen LogP contribution in [0, 0.1) is 27.7 Å². The molecule has 2 rings (SSSR count). The fourth-order valence-corrected chi connectivity index (χ4v) is 1.99. The first kappa shape index (κ1) is 9.32. The number of rotatable bonds is 0. The Bertz CT molecular complexity index is 414. The van der Waals surface area contributed by atoms with Gasteiger partial charge in [0.15, 0.2) is 0 Å². The molecule has 1 nitrogen and oxygen atoms in total. The zero-order chi connectivity index (χ0) is 10.3. The largest absolute Gasteiger partial charge is 0.489 e. The zero-order valence-electron chi connectivity index (χ0n) is 9.27. The van der Waals surface area contributed by atoms with E-state index in [1.165, 1.54) is 27.8 Å². The molecule has 1 aromatic carbocycles. The molecule has 0 unspecified atom stereocenters. The summed E-state index contributed by atoms with van der Waals surface area (Å²) < 4.78 is 5.68. The van der Waals surface area contributed by atoms with E-state index in [2.05, 4.69) is 39.8 Å². The molecular formula is C13H16O. The second kappa shape index (κ2) is 3.16. The molecule has 1 heterocycles. The van der Waals surface area contributed by atoms with Crippen LogP contribution in [0.25, 0.3) is 6.08 Å². The average Bonchev–Trinajstić information content (AvgIpc) is 2.23. The van der Waals surface area contributed by atoms with Gasteiger partial charge in [0, 0.05) is 5.56 Å². The van der Waals surface area contributed by atoms with Crippen LogP contribution >= 0.6 is 0 Å². The highest BCUT2D eigenvalue weighted by Crippen LogP contribution is 2.35. The predicted molar refractivity (Wildman–Crippen MR) is 59.9 cm³/mol. The van der Waals surface area contributed by atoms with Gasteiger partial charge in [0.2, 0.25) is 0 Å². The van der Waals surface area contributed by atoms with E-state index >= 15 is 0 Å². The Labute approximate surface area is 85.4 Å². The van der Waals surface area contributed by atoms with Crippen LogP contribution in [0.4, 0.5) is 0 Å². The highest BCUT2D eigenvalue weighted by molar-refractivity contribution is 5.68. The summed E-state index contributed by atoms with van der Waals surface area (Å²) in [6.07, 6.45) is 4.25. The molecule has 0 radical (unpaired) electrons. The third kappa shape index (κ3) is 1.16. The lowest BCUT2D eigenvalue weighted by molar-refractivity contribution is 0.355. The van der Waals surface area contributed by atoms with Crippen LogP contribution in [0.5, 0.6) is 5.75 Å². The molecule has 0 aliphatic carbocycles. The molecule has 1 aliphatic heterocycles. The molecule has 0 N–H and O–H groups in total. The Kier molecular flexibility index (Phi) is 2.10. The maximum Gasteiger partial charge on any atom is 0.130 e. The van der Waals surface area contributed by atoms with Crippen molar-refractivity contribution < 1.29 is 4.74 Å². The molecule has 0 spiro atoms. The first-order valence-electron chi connectivity index (χ1n) is 5.02. The smallest absolute Gasteiger partial charge is 0.130 e. The second-order valence-electron chi connectivity index (χ2n) is 3.96. The Balaban J connectivity index is 2.79. The fraction of sp³-hybridized carbons (Fsp3) is 0.385. The summed E-state index contributed by atoms with van der Waals surface area (Å²) in [5, 5.41) is 0. The Morgan fingerprint density at radius 2 is 1.57 bits per heavy atom. The molecule has 0 aromatic heterocycles. The second-order valence-corrected chi connectivity index (χ2v) is 3.96. The van der Waals surface area contributed by atoms with Crippen molar-refractivity contribution in [1.82, 2.24) is 0 Å². The van der Waals surface area contributed by atoms with E-state index < -0.39 is 0 Å². The van der Waals surface area contributed by atoms with Crippen LogP contribution in [0.2, 0.25) is 0 Å². The van der Waals surface area contributed by atoms with Crippen molar-refractivity contribution in [2.45, 2.75) is 27.7 Å². The van der Waals surface area contributed by atoms with Gasteiger partial charge in [-0.2, -0.15) is 0 Å². The molecule has 1 heteroatoms. The predicted octanol–water partition coefficient (Wildman–Crippen LogP) is 3.33. The van der Waals surface area contributed by atoms with Gasteiger partial charge in [-0.1, -0.05) is 6.08 Å². The SMILES string of the molecule is Cc1c(C)c(C)c2c(c1C)C=CCO2. The van der Waals surface area contributed by atoms with Gasteiger partial charge in [-0.3, -0.25) is 0 Å². The summed E-state index contributed by atoms with van der Waals surface area (Å²) in [4.78, 5) is 0. The van der Waals surface area contributed by atoms with E-state index in [0.29, 0.717) is 6.61 Å². The molecule has 0 bridgehead atoms. The average molecular weight is 188 g/mol. The quantitative estimate of drug-likeness (QED) is 0.607. The van der Waals surface area contributed by atoms with Crippen LogP contribution in [0.3, 0.4) is 0 Å². The standard InChI is InChI=1S/C13H16O/c1-8-9(2)11(4)13-12(10(8)3)6-5-7-14-13/h5-6H,7H2,1-4H3. The summed E-state index contributed by atoms with van der Waals surface area (Å²) in [5.74, 6) is 1.08. The number of hydrogen-bond acceptors (Lipinski definition) is 1. The molecule has 1 aromatic rings. The lowest BCUT2D eigenvalue weighted by Gasteiger charge is -2.21. The molecule has 74 valence electrons. The molecule has 1 aliphatic rings. The normalized spacial score (nSPS) is 13.7. The number of benzene rings is 1. The lowest BCUT2D eigenvalue weighted by atomic mass is 9.92. The van der Waals surface area contributed by atoms with Crippen molar-refractivity contribution in [3.05, 3.63) is 33.9 Å². The zero-order valence-corrected chi connectivity index (χ0v) is 9.27. The summed E-state index contributed by atoms with van der Waals surface area (Å²) >= 11 is 0. The van der Waals surface area contributed by atoms with Gasteiger partial charge in [-0.15, -0.1) is 0 Å². The maximum atomic E-state index is 5.68. The Morgan fingerprint density at radius 1 is 0.929 bits per heavy atom. The third-order valence-electron chi connectivity index (χ3n) is 3.29. The van der Waals surface area contributed by atoms with Crippen LogP contribution in [0.1, 0.15) is 27.8 Å². The minimum atomic E-state index is 0.704. The van der Waals surface area contributed by atoms with Gasteiger partial charge in [0.1, 0.15) is 12.4 Å². The molecular weight excluding hydrogens is 172 g/mol. The maximum absolute atomic E-state index is 5.68. The van der Waals surface area contributed by atoms with Crippen molar-refractivity contribution in [3.63, 3.8) is 0 Å². The minimum Gasteiger partial charge on any atom is -0.489 e. The van der Waals surface area contributed by atoms with Crippen LogP contribution < -0.4 is 4.74 Å². The van der Waals surface area contributed by atoms with Crippen molar-refractivity contribution in [1.29, 1.82) is 0 Å². The first-order chi connectivity index (χ1) is 6.63.